The van der Waals surface area contributed by atoms with Crippen molar-refractivity contribution in [3.05, 3.63) is 182 Å². The molecule has 11 rings (SSSR count). The van der Waals surface area contributed by atoms with Crippen molar-refractivity contribution < 1.29 is 25.0 Å². The van der Waals surface area contributed by atoms with Gasteiger partial charge in [0.15, 0.2) is 0 Å². The fraction of sp³-hybridized carbons (Fsp3) is 0. The average Bonchev–Trinajstić information content (AvgIpc) is 3.71. The lowest BCUT2D eigenvalue weighted by Crippen LogP contribution is -1.94. The summed E-state index contributed by atoms with van der Waals surface area (Å²) in [4.78, 5) is 0. The van der Waals surface area contributed by atoms with E-state index >= 15 is 0 Å². The van der Waals surface area contributed by atoms with Crippen molar-refractivity contribution in [3.63, 3.8) is 0 Å². The van der Waals surface area contributed by atoms with Crippen LogP contribution in [-0.2, 0) is 0 Å². The first-order valence-electron chi connectivity index (χ1n) is 23.9. The topological polar surface area (TPSA) is 13.1 Å². The maximum Gasteiger partial charge on any atom is 0.136 e. The zero-order valence-electron chi connectivity index (χ0n) is 41.6. The van der Waals surface area contributed by atoms with Gasteiger partial charge in [-0.25, -0.2) is 0 Å². The Kier molecular flexibility index (Phi) is 3.70. The van der Waals surface area contributed by atoms with Crippen LogP contribution in [0.3, 0.4) is 0 Å². The van der Waals surface area contributed by atoms with Gasteiger partial charge >= 0.3 is 0 Å². The average molecular weight is 662 g/mol. The molecule has 1 nitrogen and oxygen atoms in total. The summed E-state index contributed by atoms with van der Waals surface area (Å²) in [5.41, 5.74) is 1.99. The number of hydrogen-bond donors (Lipinski definition) is 0. The molecule has 0 unspecified atom stereocenters. The second kappa shape index (κ2) is 10.9. The molecule has 11 aromatic rings. The molecule has 0 fully saturated rings. The van der Waals surface area contributed by atoms with Gasteiger partial charge in [0.25, 0.3) is 0 Å². The highest BCUT2D eigenvalue weighted by atomic mass is 16.3. The molecule has 1 heteroatoms. The van der Waals surface area contributed by atoms with E-state index in [0.717, 1.165) is 21.5 Å². The van der Waals surface area contributed by atoms with Gasteiger partial charge < -0.3 is 4.42 Å². The van der Waals surface area contributed by atoms with Crippen LogP contribution in [0.15, 0.2) is 186 Å². The monoisotopic (exact) mass is 661 g/mol. The van der Waals surface area contributed by atoms with Gasteiger partial charge in [0.1, 0.15) is 11.2 Å². The number of benzene rings is 10. The molecule has 0 aliphatic rings. The van der Waals surface area contributed by atoms with E-state index in [0.29, 0.717) is 38.6 Å². The van der Waals surface area contributed by atoms with Gasteiger partial charge in [-0.1, -0.05) is 157 Å². The Labute approximate surface area is 315 Å². The molecule has 0 N–H and O–H groups in total. The minimum atomic E-state index is -0.744. The van der Waals surface area contributed by atoms with Crippen LogP contribution >= 0.6 is 0 Å². The molecule has 0 saturated heterocycles. The van der Waals surface area contributed by atoms with E-state index in [-0.39, 0.29) is 32.7 Å². The van der Waals surface area contributed by atoms with Crippen molar-refractivity contribution in [2.75, 3.05) is 0 Å². The molecule has 0 aliphatic carbocycles. The Hall–Kier alpha value is -6.70. The number of rotatable bonds is 3. The molecule has 51 heavy (non-hydrogen) atoms. The predicted octanol–water partition coefficient (Wildman–Crippen LogP) is 14.4. The molecule has 0 spiro atoms. The van der Waals surface area contributed by atoms with Crippen molar-refractivity contribution in [3.8, 4) is 33.4 Å². The van der Waals surface area contributed by atoms with E-state index in [1.807, 2.05) is 84.9 Å². The van der Waals surface area contributed by atoms with Crippen LogP contribution in [0.1, 0.15) is 20.6 Å². The van der Waals surface area contributed by atoms with E-state index in [4.69, 9.17) is 16.8 Å². The molecule has 0 aliphatic heterocycles. The lowest BCUT2D eigenvalue weighted by Gasteiger charge is -2.21. The van der Waals surface area contributed by atoms with E-state index in [9.17, 15) is 8.22 Å². The molecule has 0 amide bonds. The smallest absolute Gasteiger partial charge is 0.136 e. The Balaban J connectivity index is 1.40. The zero-order chi connectivity index (χ0) is 46.5. The fourth-order valence-corrected chi connectivity index (χ4v) is 7.53. The lowest BCUT2D eigenvalue weighted by atomic mass is 9.81. The third-order valence-electron chi connectivity index (χ3n) is 9.72. The molecule has 1 heterocycles. The van der Waals surface area contributed by atoms with Gasteiger partial charge in [0.2, 0.25) is 0 Å². The fourth-order valence-electron chi connectivity index (χ4n) is 7.53. The van der Waals surface area contributed by atoms with Gasteiger partial charge in [0.05, 0.1) is 20.6 Å². The summed E-state index contributed by atoms with van der Waals surface area (Å²) in [5.74, 6) is 0. The third kappa shape index (κ3) is 4.22. The number of hydrogen-bond acceptors (Lipinski definition) is 1. The van der Waals surface area contributed by atoms with Gasteiger partial charge in [0, 0.05) is 10.8 Å². The van der Waals surface area contributed by atoms with Crippen LogP contribution in [0.5, 0.6) is 0 Å². The van der Waals surface area contributed by atoms with E-state index < -0.39 is 107 Å². The van der Waals surface area contributed by atoms with Crippen LogP contribution < -0.4 is 0 Å². The normalized spacial score (nSPS) is 16.0. The van der Waals surface area contributed by atoms with Crippen molar-refractivity contribution in [1.29, 1.82) is 0 Å². The quantitative estimate of drug-likeness (QED) is 0.172. The summed E-state index contributed by atoms with van der Waals surface area (Å²) >= 11 is 0. The lowest BCUT2D eigenvalue weighted by molar-refractivity contribution is 0.669. The molecule has 236 valence electrons. The van der Waals surface area contributed by atoms with Gasteiger partial charge in [-0.15, -0.1) is 0 Å². The highest BCUT2D eigenvalue weighted by Crippen LogP contribution is 2.49. The van der Waals surface area contributed by atoms with E-state index in [2.05, 4.69) is 0 Å². The maximum atomic E-state index is 9.68. The molecule has 0 atom stereocenters. The summed E-state index contributed by atoms with van der Waals surface area (Å²) in [5, 5.41) is 3.07. The van der Waals surface area contributed by atoms with E-state index in [1.165, 1.54) is 0 Å². The summed E-state index contributed by atoms with van der Waals surface area (Å²) in [6.07, 6.45) is 0. The van der Waals surface area contributed by atoms with Gasteiger partial charge in [-0.2, -0.15) is 0 Å². The second-order valence-electron chi connectivity index (χ2n) is 12.4. The summed E-state index contributed by atoms with van der Waals surface area (Å²) < 4.78 is 143. The van der Waals surface area contributed by atoms with E-state index in [1.54, 1.807) is 6.07 Å². The Morgan fingerprint density at radius 3 is 1.75 bits per heavy atom. The van der Waals surface area contributed by atoms with Crippen LogP contribution in [-0.4, -0.2) is 0 Å². The van der Waals surface area contributed by atoms with Gasteiger partial charge in [-0.3, -0.25) is 0 Å². The van der Waals surface area contributed by atoms with Crippen molar-refractivity contribution >= 4 is 75.8 Å². The maximum absolute atomic E-state index is 9.68. The van der Waals surface area contributed by atoms with Crippen LogP contribution in [0.2, 0.25) is 0 Å². The molecule has 1 aromatic heterocycles. The third-order valence-corrected chi connectivity index (χ3v) is 9.72. The first kappa shape index (κ1) is 17.3. The zero-order valence-corrected chi connectivity index (χ0v) is 26.6. The minimum Gasteiger partial charge on any atom is -0.456 e. The SMILES string of the molecule is [2H]c1c([2H])c([2H])c2c([2H])c(-c3c4c([2H])c([2H])c([2H])c([2H])c4c(-c4c(-c5ccc6oc7ccc8ccccc8c7c6c5)ccc5ccccc45)c4c([2H])c([2H])c([2H])c([2H])c34)c([2H])c([2H])c2c1[2H]. The van der Waals surface area contributed by atoms with Gasteiger partial charge in [-0.05, 0) is 111 Å². The Morgan fingerprint density at radius 2 is 0.980 bits per heavy atom. The molecule has 0 bridgehead atoms. The molecule has 0 saturated carbocycles. The van der Waals surface area contributed by atoms with Crippen molar-refractivity contribution in [2.24, 2.45) is 0 Å². The first-order valence-corrected chi connectivity index (χ1v) is 16.4. The predicted molar refractivity (Wildman–Crippen MR) is 218 cm³/mol. The van der Waals surface area contributed by atoms with Crippen LogP contribution in [0.4, 0.5) is 0 Å². The largest absolute Gasteiger partial charge is 0.456 e. The van der Waals surface area contributed by atoms with Crippen molar-refractivity contribution in [2.45, 2.75) is 0 Å². The Bertz CT molecular complexity index is 3980. The van der Waals surface area contributed by atoms with Crippen LogP contribution in [0.25, 0.3) is 109 Å². The summed E-state index contributed by atoms with van der Waals surface area (Å²) in [6, 6.07) is 18.5. The number of furan rings is 1. The standard InChI is InChI=1S/C50H30O/c1-2-14-34-29-36(22-21-31(34)11-1)47-40-17-7-9-19-42(40)50(43-20-10-8-18-41(43)47)49-38-16-6-4-12-32(38)23-26-39(49)35-25-27-45-44(30-35)48-37-15-5-3-13-33(37)24-28-46(48)51-45/h1-30H/i1D,2D,7D,8D,9D,10D,11D,14D,17D,18D,19D,20D,21D,22D,29D. The van der Waals surface area contributed by atoms with Crippen LogP contribution in [0, 0.1) is 0 Å². The second-order valence-corrected chi connectivity index (χ2v) is 12.4. The molecular weight excluding hydrogens is 617 g/mol. The van der Waals surface area contributed by atoms with Crippen molar-refractivity contribution in [1.82, 2.24) is 0 Å². The molecule has 10 aromatic carbocycles. The molecule has 0 radical (unpaired) electrons. The summed E-state index contributed by atoms with van der Waals surface area (Å²) in [7, 11) is 0. The first-order chi connectivity index (χ1) is 31.5. The number of fused-ring (bicyclic) bond motifs is 9. The highest BCUT2D eigenvalue weighted by molar-refractivity contribution is 6.26. The summed E-state index contributed by atoms with van der Waals surface area (Å²) in [6.45, 7) is 0. The minimum absolute atomic E-state index is 0.0315. The highest BCUT2D eigenvalue weighted by Gasteiger charge is 2.22. The molecular formula is C50H30O. The Morgan fingerprint density at radius 1 is 0.373 bits per heavy atom.